The van der Waals surface area contributed by atoms with Gasteiger partial charge in [-0.25, -0.2) is 0 Å². The lowest BCUT2D eigenvalue weighted by atomic mass is 10.0. The molecule has 0 N–H and O–H groups in total. The second-order valence-corrected chi connectivity index (χ2v) is 9.82. The zero-order valence-electron chi connectivity index (χ0n) is 21.3. The van der Waals surface area contributed by atoms with Crippen LogP contribution in [-0.2, 0) is 4.79 Å². The van der Waals surface area contributed by atoms with E-state index in [-0.39, 0.29) is 0 Å². The molecule has 0 heterocycles. The highest BCUT2D eigenvalue weighted by molar-refractivity contribution is 5.78. The molecule has 0 aromatic heterocycles. The molecule has 0 saturated heterocycles. The number of Topliss-reactive ketones (excluding diaryl/α,β-unsaturated/α-hetero) is 1. The standard InChI is InChI=1S/C29H58O/c1-3-5-7-9-10-11-12-13-14-15-16-17-18-19-20-21-22-23-24-26-28-29(30)27-25-8-6-4-2/h3-28H2,1-2H3. The summed E-state index contributed by atoms with van der Waals surface area (Å²) >= 11 is 0. The molecule has 0 aliphatic carbocycles. The molecule has 0 aliphatic heterocycles. The van der Waals surface area contributed by atoms with E-state index >= 15 is 0 Å². The SMILES string of the molecule is CCCCCCCCCCCCCCCCCCCCCCC(=O)CCCCCC. The van der Waals surface area contributed by atoms with Crippen molar-refractivity contribution in [2.75, 3.05) is 0 Å². The quantitative estimate of drug-likeness (QED) is 0.127. The van der Waals surface area contributed by atoms with E-state index in [9.17, 15) is 4.79 Å². The summed E-state index contributed by atoms with van der Waals surface area (Å²) in [5.74, 6) is 0.508. The van der Waals surface area contributed by atoms with Crippen LogP contribution in [0.3, 0.4) is 0 Å². The van der Waals surface area contributed by atoms with Crippen molar-refractivity contribution in [1.82, 2.24) is 0 Å². The van der Waals surface area contributed by atoms with Gasteiger partial charge in [0, 0.05) is 12.8 Å². The Labute approximate surface area is 191 Å². The van der Waals surface area contributed by atoms with Gasteiger partial charge in [0.1, 0.15) is 5.78 Å². The molecule has 1 nitrogen and oxygen atoms in total. The first-order chi connectivity index (χ1) is 14.8. The van der Waals surface area contributed by atoms with E-state index in [1.165, 1.54) is 141 Å². The highest BCUT2D eigenvalue weighted by atomic mass is 16.1. The van der Waals surface area contributed by atoms with Crippen molar-refractivity contribution in [2.45, 2.75) is 181 Å². The monoisotopic (exact) mass is 422 g/mol. The molecular weight excluding hydrogens is 364 g/mol. The topological polar surface area (TPSA) is 17.1 Å². The maximum absolute atomic E-state index is 11.8. The largest absolute Gasteiger partial charge is 0.300 e. The molecule has 30 heavy (non-hydrogen) atoms. The van der Waals surface area contributed by atoms with Crippen LogP contribution in [-0.4, -0.2) is 5.78 Å². The van der Waals surface area contributed by atoms with Crippen LogP contribution in [0.2, 0.25) is 0 Å². The second kappa shape index (κ2) is 26.7. The van der Waals surface area contributed by atoms with E-state index < -0.39 is 0 Å². The molecule has 0 amide bonds. The molecule has 0 radical (unpaired) electrons. The Morgan fingerprint density at radius 1 is 0.333 bits per heavy atom. The van der Waals surface area contributed by atoms with E-state index in [1.807, 2.05) is 0 Å². The Balaban J connectivity index is 3.07. The molecule has 180 valence electrons. The van der Waals surface area contributed by atoms with E-state index in [4.69, 9.17) is 0 Å². The summed E-state index contributed by atoms with van der Waals surface area (Å²) in [6, 6.07) is 0. The van der Waals surface area contributed by atoms with Crippen LogP contribution in [0.1, 0.15) is 181 Å². The Bertz CT molecular complexity index is 322. The fraction of sp³-hybridized carbons (Fsp3) is 0.966. The predicted octanol–water partition coefficient (Wildman–Crippen LogP) is 10.7. The predicted molar refractivity (Wildman–Crippen MR) is 136 cm³/mol. The maximum atomic E-state index is 11.8. The van der Waals surface area contributed by atoms with Gasteiger partial charge in [-0.2, -0.15) is 0 Å². The molecule has 0 fully saturated rings. The zero-order valence-corrected chi connectivity index (χ0v) is 21.3. The lowest BCUT2D eigenvalue weighted by Gasteiger charge is -2.04. The van der Waals surface area contributed by atoms with E-state index in [0.717, 1.165) is 25.7 Å². The lowest BCUT2D eigenvalue weighted by Crippen LogP contribution is -1.97. The molecule has 0 aromatic carbocycles. The molecule has 0 aromatic rings. The molecule has 0 rings (SSSR count). The van der Waals surface area contributed by atoms with Crippen molar-refractivity contribution < 1.29 is 4.79 Å². The summed E-state index contributed by atoms with van der Waals surface area (Å²) in [4.78, 5) is 11.8. The van der Waals surface area contributed by atoms with Crippen molar-refractivity contribution >= 4 is 5.78 Å². The Morgan fingerprint density at radius 2 is 0.533 bits per heavy atom. The van der Waals surface area contributed by atoms with Crippen molar-refractivity contribution in [3.05, 3.63) is 0 Å². The van der Waals surface area contributed by atoms with Crippen molar-refractivity contribution in [3.8, 4) is 0 Å². The number of hydrogen-bond acceptors (Lipinski definition) is 1. The van der Waals surface area contributed by atoms with Crippen molar-refractivity contribution in [3.63, 3.8) is 0 Å². The highest BCUT2D eigenvalue weighted by Crippen LogP contribution is 2.15. The number of hydrogen-bond donors (Lipinski definition) is 0. The summed E-state index contributed by atoms with van der Waals surface area (Å²) in [7, 11) is 0. The van der Waals surface area contributed by atoms with Gasteiger partial charge in [0.25, 0.3) is 0 Å². The fourth-order valence-corrected chi connectivity index (χ4v) is 4.45. The van der Waals surface area contributed by atoms with Crippen LogP contribution in [0.5, 0.6) is 0 Å². The average molecular weight is 423 g/mol. The van der Waals surface area contributed by atoms with Crippen molar-refractivity contribution in [2.24, 2.45) is 0 Å². The number of rotatable bonds is 26. The number of carbonyl (C=O) groups is 1. The summed E-state index contributed by atoms with van der Waals surface area (Å²) in [5, 5.41) is 0. The number of carbonyl (C=O) groups excluding carboxylic acids is 1. The first kappa shape index (κ1) is 29.7. The van der Waals surface area contributed by atoms with Gasteiger partial charge in [-0.05, 0) is 12.8 Å². The summed E-state index contributed by atoms with van der Waals surface area (Å²) < 4.78 is 0. The molecule has 1 heteroatoms. The van der Waals surface area contributed by atoms with Crippen LogP contribution < -0.4 is 0 Å². The van der Waals surface area contributed by atoms with Gasteiger partial charge in [-0.1, -0.05) is 155 Å². The third-order valence-electron chi connectivity index (χ3n) is 6.62. The van der Waals surface area contributed by atoms with Gasteiger partial charge < -0.3 is 0 Å². The molecule has 0 spiro atoms. The van der Waals surface area contributed by atoms with Crippen LogP contribution in [0.25, 0.3) is 0 Å². The Hall–Kier alpha value is -0.330. The fourth-order valence-electron chi connectivity index (χ4n) is 4.45. The van der Waals surface area contributed by atoms with Crippen LogP contribution in [0.4, 0.5) is 0 Å². The first-order valence-electron chi connectivity index (χ1n) is 14.3. The lowest BCUT2D eigenvalue weighted by molar-refractivity contribution is -0.119. The minimum Gasteiger partial charge on any atom is -0.300 e. The normalized spacial score (nSPS) is 11.3. The van der Waals surface area contributed by atoms with E-state index in [2.05, 4.69) is 13.8 Å². The minimum atomic E-state index is 0.508. The minimum absolute atomic E-state index is 0.508. The number of ketones is 1. The zero-order chi connectivity index (χ0) is 22.0. The van der Waals surface area contributed by atoms with E-state index in [1.54, 1.807) is 0 Å². The summed E-state index contributed by atoms with van der Waals surface area (Å²) in [6.07, 6.45) is 34.8. The van der Waals surface area contributed by atoms with Gasteiger partial charge in [-0.15, -0.1) is 0 Å². The molecular formula is C29H58O. The molecule has 0 saturated carbocycles. The Kier molecular flexibility index (Phi) is 26.4. The average Bonchev–Trinajstić information content (AvgIpc) is 2.75. The van der Waals surface area contributed by atoms with Gasteiger partial charge in [0.2, 0.25) is 0 Å². The third kappa shape index (κ3) is 25.7. The highest BCUT2D eigenvalue weighted by Gasteiger charge is 2.01. The number of unbranched alkanes of at least 4 members (excludes halogenated alkanes) is 22. The Morgan fingerprint density at radius 3 is 0.800 bits per heavy atom. The molecule has 0 aliphatic rings. The van der Waals surface area contributed by atoms with E-state index in [0.29, 0.717) is 5.78 Å². The van der Waals surface area contributed by atoms with Gasteiger partial charge in [0.15, 0.2) is 0 Å². The first-order valence-corrected chi connectivity index (χ1v) is 14.3. The maximum Gasteiger partial charge on any atom is 0.132 e. The van der Waals surface area contributed by atoms with Gasteiger partial charge in [0.05, 0.1) is 0 Å². The molecule has 0 atom stereocenters. The van der Waals surface area contributed by atoms with Gasteiger partial charge >= 0.3 is 0 Å². The third-order valence-corrected chi connectivity index (χ3v) is 6.62. The summed E-state index contributed by atoms with van der Waals surface area (Å²) in [6.45, 7) is 4.52. The van der Waals surface area contributed by atoms with Crippen LogP contribution in [0.15, 0.2) is 0 Å². The van der Waals surface area contributed by atoms with Crippen molar-refractivity contribution in [1.29, 1.82) is 0 Å². The summed E-state index contributed by atoms with van der Waals surface area (Å²) in [5.41, 5.74) is 0. The van der Waals surface area contributed by atoms with Crippen LogP contribution >= 0.6 is 0 Å². The smallest absolute Gasteiger partial charge is 0.132 e. The van der Waals surface area contributed by atoms with Crippen LogP contribution in [0, 0.1) is 0 Å². The molecule has 0 bridgehead atoms. The second-order valence-electron chi connectivity index (χ2n) is 9.82. The molecule has 0 unspecified atom stereocenters. The van der Waals surface area contributed by atoms with Gasteiger partial charge in [-0.3, -0.25) is 4.79 Å².